The molecule has 0 aromatic heterocycles. The number of amides is 1. The third-order valence-electron chi connectivity index (χ3n) is 3.54. The minimum absolute atomic E-state index is 0.385. The van der Waals surface area contributed by atoms with Crippen molar-refractivity contribution < 1.29 is 27.5 Å². The predicted molar refractivity (Wildman–Crippen MR) is 97.4 cm³/mol. The van der Waals surface area contributed by atoms with Crippen LogP contribution in [0.4, 0.5) is 18.9 Å². The van der Waals surface area contributed by atoms with Crippen molar-refractivity contribution >= 4 is 29.3 Å². The third-order valence-corrected chi connectivity index (χ3v) is 4.63. The summed E-state index contributed by atoms with van der Waals surface area (Å²) in [7, 11) is 0. The minimum atomic E-state index is -4.61. The average molecular weight is 397 g/mol. The lowest BCUT2D eigenvalue weighted by Crippen LogP contribution is -2.33. The molecule has 144 valence electrons. The Labute approximate surface area is 159 Å². The van der Waals surface area contributed by atoms with Gasteiger partial charge in [-0.3, -0.25) is 9.59 Å². The zero-order chi connectivity index (χ0) is 20.0. The van der Waals surface area contributed by atoms with Crippen LogP contribution in [0.15, 0.2) is 59.5 Å². The van der Waals surface area contributed by atoms with Crippen molar-refractivity contribution in [3.05, 3.63) is 60.2 Å². The van der Waals surface area contributed by atoms with E-state index in [0.717, 1.165) is 17.0 Å². The van der Waals surface area contributed by atoms with Crippen molar-refractivity contribution in [3.8, 4) is 0 Å². The van der Waals surface area contributed by atoms with Gasteiger partial charge in [0.2, 0.25) is 0 Å². The van der Waals surface area contributed by atoms with Crippen LogP contribution in [0.3, 0.4) is 0 Å². The van der Waals surface area contributed by atoms with E-state index < -0.39 is 35.0 Å². The third kappa shape index (κ3) is 6.02. The van der Waals surface area contributed by atoms with Gasteiger partial charge in [-0.25, -0.2) is 0 Å². The molecule has 2 atom stereocenters. The number of esters is 1. The van der Waals surface area contributed by atoms with Gasteiger partial charge in [-0.15, -0.1) is 11.8 Å². The SMILES string of the molecule is CC(OC(=O)C(C)Sc1ccccc1)C(=O)Nc1ccccc1C(F)(F)F. The maximum Gasteiger partial charge on any atom is 0.418 e. The van der Waals surface area contributed by atoms with Crippen LogP contribution >= 0.6 is 11.8 Å². The van der Waals surface area contributed by atoms with Crippen LogP contribution in [0.1, 0.15) is 19.4 Å². The topological polar surface area (TPSA) is 55.4 Å². The Kier molecular flexibility index (Phi) is 6.90. The average Bonchev–Trinajstić information content (AvgIpc) is 2.62. The number of benzene rings is 2. The monoisotopic (exact) mass is 397 g/mol. The molecule has 0 bridgehead atoms. The largest absolute Gasteiger partial charge is 0.452 e. The first kappa shape index (κ1) is 20.8. The van der Waals surface area contributed by atoms with Crippen LogP contribution in [-0.4, -0.2) is 23.2 Å². The standard InChI is InChI=1S/C19H18F3NO3S/c1-12(26-18(25)13(2)27-14-8-4-3-5-9-14)17(24)23-16-11-7-6-10-15(16)19(20,21)22/h3-13H,1-2H3,(H,23,24). The number of para-hydroxylation sites is 1. The van der Waals surface area contributed by atoms with Crippen molar-refractivity contribution in [2.45, 2.75) is 36.3 Å². The molecule has 2 unspecified atom stereocenters. The maximum absolute atomic E-state index is 13.0. The molecule has 2 aromatic rings. The second-order valence-corrected chi connectivity index (χ2v) is 7.10. The van der Waals surface area contributed by atoms with Crippen molar-refractivity contribution in [3.63, 3.8) is 0 Å². The normalized spacial score (nSPS) is 13.5. The molecular formula is C19H18F3NO3S. The van der Waals surface area contributed by atoms with Crippen LogP contribution in [0.5, 0.6) is 0 Å². The Bertz CT molecular complexity index is 796. The second kappa shape index (κ2) is 8.94. The van der Waals surface area contributed by atoms with E-state index in [1.807, 2.05) is 30.3 Å². The number of carbonyl (C=O) groups is 2. The lowest BCUT2D eigenvalue weighted by molar-refractivity contribution is -0.152. The number of anilines is 1. The summed E-state index contributed by atoms with van der Waals surface area (Å²) in [6.07, 6.45) is -5.84. The van der Waals surface area contributed by atoms with Gasteiger partial charge in [0.25, 0.3) is 5.91 Å². The number of halogens is 3. The molecule has 2 rings (SSSR count). The van der Waals surface area contributed by atoms with Gasteiger partial charge < -0.3 is 10.1 Å². The number of carbonyl (C=O) groups excluding carboxylic acids is 2. The predicted octanol–water partition coefficient (Wildman–Crippen LogP) is 4.76. The lowest BCUT2D eigenvalue weighted by Gasteiger charge is -2.18. The number of alkyl halides is 3. The molecule has 4 nitrogen and oxygen atoms in total. The minimum Gasteiger partial charge on any atom is -0.452 e. The molecule has 1 amide bonds. The van der Waals surface area contributed by atoms with Gasteiger partial charge in [-0.1, -0.05) is 30.3 Å². The van der Waals surface area contributed by atoms with Gasteiger partial charge >= 0.3 is 12.1 Å². The summed E-state index contributed by atoms with van der Waals surface area (Å²) in [5, 5.41) is 1.59. The number of ether oxygens (including phenoxy) is 1. The van der Waals surface area contributed by atoms with E-state index in [4.69, 9.17) is 4.74 Å². The van der Waals surface area contributed by atoms with Crippen LogP contribution in [0.25, 0.3) is 0 Å². The van der Waals surface area contributed by atoms with Gasteiger partial charge in [0.15, 0.2) is 6.10 Å². The molecule has 2 aromatic carbocycles. The van der Waals surface area contributed by atoms with E-state index in [0.29, 0.717) is 0 Å². The van der Waals surface area contributed by atoms with Crippen molar-refractivity contribution in [1.29, 1.82) is 0 Å². The molecule has 0 fully saturated rings. The number of thioether (sulfide) groups is 1. The molecule has 0 saturated heterocycles. The first-order valence-corrected chi connectivity index (χ1v) is 8.95. The highest BCUT2D eigenvalue weighted by Crippen LogP contribution is 2.34. The summed E-state index contributed by atoms with van der Waals surface area (Å²) in [5.41, 5.74) is -1.35. The lowest BCUT2D eigenvalue weighted by atomic mass is 10.1. The van der Waals surface area contributed by atoms with E-state index in [9.17, 15) is 22.8 Å². The summed E-state index contributed by atoms with van der Waals surface area (Å²) < 4.78 is 44.0. The molecule has 0 spiro atoms. The summed E-state index contributed by atoms with van der Waals surface area (Å²) in [6, 6.07) is 13.8. The first-order chi connectivity index (χ1) is 12.7. The van der Waals surface area contributed by atoms with Crippen LogP contribution < -0.4 is 5.32 Å². The highest BCUT2D eigenvalue weighted by molar-refractivity contribution is 8.00. The van der Waals surface area contributed by atoms with E-state index >= 15 is 0 Å². The summed E-state index contributed by atoms with van der Waals surface area (Å²) >= 11 is 1.26. The number of rotatable bonds is 6. The zero-order valence-electron chi connectivity index (χ0n) is 14.6. The number of nitrogens with one attached hydrogen (secondary N) is 1. The Balaban J connectivity index is 1.97. The van der Waals surface area contributed by atoms with E-state index in [-0.39, 0.29) is 5.69 Å². The Morgan fingerprint density at radius 2 is 1.59 bits per heavy atom. The fourth-order valence-corrected chi connectivity index (χ4v) is 3.02. The molecule has 0 aliphatic rings. The summed E-state index contributed by atoms with van der Waals surface area (Å²) in [6.45, 7) is 2.94. The molecule has 27 heavy (non-hydrogen) atoms. The van der Waals surface area contributed by atoms with Gasteiger partial charge in [0.05, 0.1) is 11.3 Å². The van der Waals surface area contributed by atoms with E-state index in [1.165, 1.54) is 30.8 Å². The highest BCUT2D eigenvalue weighted by Gasteiger charge is 2.34. The Morgan fingerprint density at radius 1 is 1.00 bits per heavy atom. The highest BCUT2D eigenvalue weighted by atomic mass is 32.2. The molecular weight excluding hydrogens is 379 g/mol. The number of hydrogen-bond acceptors (Lipinski definition) is 4. The van der Waals surface area contributed by atoms with Gasteiger partial charge in [-0.05, 0) is 38.1 Å². The fraction of sp³-hybridized carbons (Fsp3) is 0.263. The van der Waals surface area contributed by atoms with Gasteiger partial charge in [-0.2, -0.15) is 13.2 Å². The van der Waals surface area contributed by atoms with Crippen molar-refractivity contribution in [2.75, 3.05) is 5.32 Å². The zero-order valence-corrected chi connectivity index (χ0v) is 15.4. The van der Waals surface area contributed by atoms with Crippen molar-refractivity contribution in [1.82, 2.24) is 0 Å². The van der Waals surface area contributed by atoms with Crippen molar-refractivity contribution in [2.24, 2.45) is 0 Å². The quantitative estimate of drug-likeness (QED) is 0.564. The first-order valence-electron chi connectivity index (χ1n) is 8.07. The summed E-state index contributed by atoms with van der Waals surface area (Å²) in [4.78, 5) is 25.1. The molecule has 0 radical (unpaired) electrons. The Morgan fingerprint density at radius 3 is 2.22 bits per heavy atom. The van der Waals surface area contributed by atoms with E-state index in [1.54, 1.807) is 6.92 Å². The van der Waals surface area contributed by atoms with Crippen LogP contribution in [0.2, 0.25) is 0 Å². The van der Waals surface area contributed by atoms with Crippen LogP contribution in [0, 0.1) is 0 Å². The molecule has 8 heteroatoms. The smallest absolute Gasteiger partial charge is 0.418 e. The van der Waals surface area contributed by atoms with Gasteiger partial charge in [0.1, 0.15) is 5.25 Å². The second-order valence-electron chi connectivity index (χ2n) is 5.68. The molecule has 1 N–H and O–H groups in total. The number of hydrogen-bond donors (Lipinski definition) is 1. The summed E-state index contributed by atoms with van der Waals surface area (Å²) in [5.74, 6) is -1.47. The molecule has 0 saturated carbocycles. The van der Waals surface area contributed by atoms with E-state index in [2.05, 4.69) is 5.32 Å². The van der Waals surface area contributed by atoms with Crippen LogP contribution in [-0.2, 0) is 20.5 Å². The molecule has 0 aliphatic heterocycles. The molecule has 0 aliphatic carbocycles. The maximum atomic E-state index is 13.0. The Hall–Kier alpha value is -2.48. The molecule has 0 heterocycles. The fourth-order valence-electron chi connectivity index (χ4n) is 2.15. The van der Waals surface area contributed by atoms with Gasteiger partial charge in [0, 0.05) is 4.90 Å².